The van der Waals surface area contributed by atoms with Crippen molar-refractivity contribution in [2.45, 2.75) is 6.42 Å². The molecule has 0 bridgehead atoms. The summed E-state index contributed by atoms with van der Waals surface area (Å²) in [6.07, 6.45) is 0.0122. The largest absolute Gasteiger partial charge is 0.493 e. The summed E-state index contributed by atoms with van der Waals surface area (Å²) in [5.41, 5.74) is 1.76. The number of hydrogen-bond donors (Lipinski definition) is 2. The fourth-order valence-electron chi connectivity index (χ4n) is 0.981. The van der Waals surface area contributed by atoms with E-state index in [1.54, 1.807) is 11.7 Å². The van der Waals surface area contributed by atoms with E-state index in [4.69, 9.17) is 10.6 Å². The predicted octanol–water partition coefficient (Wildman–Crippen LogP) is 1.28. The van der Waals surface area contributed by atoms with Crippen LogP contribution in [0.4, 0.5) is 4.39 Å². The lowest BCUT2D eigenvalue weighted by Crippen LogP contribution is -2.26. The molecule has 0 aliphatic rings. The lowest BCUT2D eigenvalue weighted by Gasteiger charge is -2.06. The van der Waals surface area contributed by atoms with Gasteiger partial charge in [0.1, 0.15) is 11.6 Å². The van der Waals surface area contributed by atoms with Gasteiger partial charge < -0.3 is 9.57 Å². The van der Waals surface area contributed by atoms with Gasteiger partial charge in [0, 0.05) is 10.5 Å². The monoisotopic (exact) mass is 292 g/mol. The number of benzene rings is 1. The molecule has 0 saturated heterocycles. The highest BCUT2D eigenvalue weighted by Crippen LogP contribution is 2.20. The van der Waals surface area contributed by atoms with E-state index < -0.39 is 11.8 Å². The quantitative estimate of drug-likeness (QED) is 0.632. The Hall–Kier alpha value is -1.18. The van der Waals surface area contributed by atoms with Crippen LogP contribution in [0.2, 0.25) is 0 Å². The van der Waals surface area contributed by atoms with Gasteiger partial charge in [0.05, 0.1) is 13.0 Å². The Morgan fingerprint density at radius 1 is 1.50 bits per heavy atom. The van der Waals surface area contributed by atoms with Crippen LogP contribution in [0.25, 0.3) is 0 Å². The second-order valence-corrected chi connectivity index (χ2v) is 3.71. The van der Waals surface area contributed by atoms with Crippen molar-refractivity contribution in [3.63, 3.8) is 0 Å². The van der Waals surface area contributed by atoms with Crippen LogP contribution in [-0.4, -0.2) is 12.6 Å². The van der Waals surface area contributed by atoms with E-state index in [2.05, 4.69) is 20.8 Å². The summed E-state index contributed by atoms with van der Waals surface area (Å²) in [5.74, 6) is 4.12. The smallest absolute Gasteiger partial charge is 0.329 e. The van der Waals surface area contributed by atoms with E-state index >= 15 is 0 Å². The van der Waals surface area contributed by atoms with Gasteiger partial charge in [-0.2, -0.15) is 0 Å². The molecular weight excluding hydrogens is 283 g/mol. The first kappa shape index (κ1) is 12.9. The van der Waals surface area contributed by atoms with Crippen molar-refractivity contribution in [2.24, 2.45) is 5.84 Å². The maximum atomic E-state index is 12.9. The number of hydrazine groups is 1. The van der Waals surface area contributed by atoms with Crippen molar-refractivity contribution in [3.05, 3.63) is 28.5 Å². The summed E-state index contributed by atoms with van der Waals surface area (Å²) in [4.78, 5) is 15.1. The maximum Gasteiger partial charge on any atom is 0.329 e. The molecule has 0 saturated carbocycles. The number of hydrogen-bond acceptors (Lipinski definition) is 5. The van der Waals surface area contributed by atoms with Crippen molar-refractivity contribution in [2.75, 3.05) is 6.61 Å². The van der Waals surface area contributed by atoms with E-state index in [9.17, 15) is 9.18 Å². The average Bonchev–Trinajstić information content (AvgIpc) is 2.16. The molecule has 0 atom stereocenters. The number of nitrogens with one attached hydrogen (secondary N) is 1. The van der Waals surface area contributed by atoms with Crippen LogP contribution in [-0.2, 0) is 9.63 Å². The van der Waals surface area contributed by atoms with Gasteiger partial charge in [0.25, 0.3) is 0 Å². The van der Waals surface area contributed by atoms with E-state index in [1.807, 2.05) is 0 Å². The zero-order chi connectivity index (χ0) is 12.0. The summed E-state index contributed by atoms with van der Waals surface area (Å²) in [6.45, 7) is 0.0798. The first-order valence-corrected chi connectivity index (χ1v) is 5.15. The third-order valence-corrected chi connectivity index (χ3v) is 2.04. The minimum Gasteiger partial charge on any atom is -0.493 e. The summed E-state index contributed by atoms with van der Waals surface area (Å²) < 4.78 is 18.6. The Kier molecular flexibility index (Phi) is 5.17. The molecule has 0 aromatic heterocycles. The van der Waals surface area contributed by atoms with Crippen molar-refractivity contribution in [1.29, 1.82) is 0 Å². The minimum absolute atomic E-state index is 0.0122. The Bertz CT molecular complexity index is 356. The molecule has 0 amide bonds. The fraction of sp³-hybridized carbons (Fsp3) is 0.222. The normalized spacial score (nSPS) is 9.94. The van der Waals surface area contributed by atoms with Crippen LogP contribution in [0.1, 0.15) is 6.42 Å². The molecular formula is C9H10BrFN2O3. The molecule has 0 aliphatic heterocycles. The van der Waals surface area contributed by atoms with Crippen LogP contribution in [0.15, 0.2) is 22.7 Å². The third-order valence-electron chi connectivity index (χ3n) is 1.58. The number of rotatable bonds is 5. The van der Waals surface area contributed by atoms with E-state index in [0.29, 0.717) is 10.2 Å². The highest BCUT2D eigenvalue weighted by atomic mass is 79.9. The Morgan fingerprint density at radius 2 is 2.25 bits per heavy atom. The zero-order valence-electron chi connectivity index (χ0n) is 8.20. The molecule has 0 spiro atoms. The Morgan fingerprint density at radius 3 is 2.88 bits per heavy atom. The van der Waals surface area contributed by atoms with Gasteiger partial charge >= 0.3 is 5.97 Å². The van der Waals surface area contributed by atoms with Crippen LogP contribution in [0, 0.1) is 5.82 Å². The molecule has 1 rings (SSSR count). The average molecular weight is 293 g/mol. The van der Waals surface area contributed by atoms with Gasteiger partial charge in [-0.05, 0) is 12.1 Å². The number of nitrogens with two attached hydrogens (primary N) is 1. The summed E-state index contributed by atoms with van der Waals surface area (Å²) in [6, 6.07) is 4.12. The van der Waals surface area contributed by atoms with Crippen LogP contribution >= 0.6 is 15.9 Å². The first-order chi connectivity index (χ1) is 7.61. The fourth-order valence-corrected chi connectivity index (χ4v) is 1.43. The van der Waals surface area contributed by atoms with Crippen molar-refractivity contribution in [3.8, 4) is 5.75 Å². The maximum absolute atomic E-state index is 12.9. The molecule has 3 N–H and O–H groups in total. The molecule has 0 fully saturated rings. The van der Waals surface area contributed by atoms with E-state index in [-0.39, 0.29) is 13.0 Å². The molecule has 1 aromatic rings. The molecule has 0 radical (unpaired) electrons. The lowest BCUT2D eigenvalue weighted by atomic mass is 10.3. The second-order valence-electron chi connectivity index (χ2n) is 2.80. The molecule has 5 nitrogen and oxygen atoms in total. The Labute approximate surface area is 99.8 Å². The number of carbonyl (C=O) groups is 1. The van der Waals surface area contributed by atoms with Crippen molar-refractivity contribution < 1.29 is 18.8 Å². The van der Waals surface area contributed by atoms with Crippen LogP contribution in [0.3, 0.4) is 0 Å². The zero-order valence-corrected chi connectivity index (χ0v) is 9.79. The molecule has 0 heterocycles. The third kappa shape index (κ3) is 4.56. The first-order valence-electron chi connectivity index (χ1n) is 4.36. The molecule has 1 aromatic carbocycles. The molecule has 0 aliphatic carbocycles. The number of carbonyl (C=O) groups excluding carboxylic acids is 1. The minimum atomic E-state index is -0.557. The predicted molar refractivity (Wildman–Crippen MR) is 57.6 cm³/mol. The van der Waals surface area contributed by atoms with Crippen LogP contribution in [0.5, 0.6) is 5.75 Å². The van der Waals surface area contributed by atoms with Crippen LogP contribution < -0.4 is 16.2 Å². The SMILES string of the molecule is NNOC(=O)CCOc1cc(F)cc(Br)c1. The van der Waals surface area contributed by atoms with Crippen molar-refractivity contribution in [1.82, 2.24) is 5.59 Å². The van der Waals surface area contributed by atoms with E-state index in [0.717, 1.165) is 0 Å². The van der Waals surface area contributed by atoms with Gasteiger partial charge in [-0.1, -0.05) is 21.5 Å². The topological polar surface area (TPSA) is 73.6 Å². The Balaban J connectivity index is 2.40. The highest BCUT2D eigenvalue weighted by molar-refractivity contribution is 9.10. The lowest BCUT2D eigenvalue weighted by molar-refractivity contribution is -0.151. The standard InChI is InChI=1S/C9H10BrFN2O3/c10-6-3-7(11)5-8(4-6)15-2-1-9(14)16-13-12/h3-5,13H,1-2,12H2. The molecule has 16 heavy (non-hydrogen) atoms. The summed E-state index contributed by atoms with van der Waals surface area (Å²) in [7, 11) is 0. The molecule has 0 unspecified atom stereocenters. The van der Waals surface area contributed by atoms with Crippen molar-refractivity contribution >= 4 is 21.9 Å². The van der Waals surface area contributed by atoms with Gasteiger partial charge in [0.2, 0.25) is 0 Å². The summed E-state index contributed by atoms with van der Waals surface area (Å²) in [5, 5.41) is 0. The summed E-state index contributed by atoms with van der Waals surface area (Å²) >= 11 is 3.12. The second kappa shape index (κ2) is 6.41. The van der Waals surface area contributed by atoms with E-state index in [1.165, 1.54) is 12.1 Å². The highest BCUT2D eigenvalue weighted by Gasteiger charge is 2.04. The van der Waals surface area contributed by atoms with Gasteiger partial charge in [-0.25, -0.2) is 10.2 Å². The van der Waals surface area contributed by atoms with Gasteiger partial charge in [-0.15, -0.1) is 0 Å². The van der Waals surface area contributed by atoms with Gasteiger partial charge in [-0.3, -0.25) is 4.79 Å². The number of halogens is 2. The van der Waals surface area contributed by atoms with Gasteiger partial charge in [0.15, 0.2) is 0 Å². The molecule has 7 heteroatoms. The molecule has 88 valence electrons. The number of ether oxygens (including phenoxy) is 1.